The van der Waals surface area contributed by atoms with Crippen molar-refractivity contribution in [2.24, 2.45) is 7.05 Å². The number of carbonyl (C=O) groups is 1. The third kappa shape index (κ3) is 4.54. The molecule has 2 saturated carbocycles. The maximum absolute atomic E-state index is 12.4. The van der Waals surface area contributed by atoms with E-state index in [1.807, 2.05) is 25.2 Å². The highest BCUT2D eigenvalue weighted by Gasteiger charge is 2.40. The van der Waals surface area contributed by atoms with E-state index < -0.39 is 0 Å². The van der Waals surface area contributed by atoms with Crippen LogP contribution in [0.5, 0.6) is 0 Å². The smallest absolute Gasteiger partial charge is 0.255 e. The molecule has 2 aliphatic rings. The fourth-order valence-electron chi connectivity index (χ4n) is 3.22. The predicted octanol–water partition coefficient (Wildman–Crippen LogP) is 3.51. The zero-order chi connectivity index (χ0) is 15.8. The number of aryl methyl sites for hydroxylation is 1. The summed E-state index contributed by atoms with van der Waals surface area (Å²) < 4.78 is 1.67. The molecule has 5 nitrogen and oxygen atoms in total. The van der Waals surface area contributed by atoms with Gasteiger partial charge in [0.05, 0.1) is 11.9 Å². The van der Waals surface area contributed by atoms with Crippen molar-refractivity contribution in [3.05, 3.63) is 47.8 Å². The third-order valence-corrected chi connectivity index (χ3v) is 4.89. The molecule has 1 aromatic heterocycles. The van der Waals surface area contributed by atoms with Gasteiger partial charge in [-0.1, -0.05) is 18.6 Å². The third-order valence-electron chi connectivity index (χ3n) is 4.89. The Morgan fingerprint density at radius 3 is 2.72 bits per heavy atom. The van der Waals surface area contributed by atoms with Crippen molar-refractivity contribution in [2.75, 3.05) is 5.32 Å². The van der Waals surface area contributed by atoms with Crippen LogP contribution in [0.25, 0.3) is 0 Å². The monoisotopic (exact) mass is 382 g/mol. The summed E-state index contributed by atoms with van der Waals surface area (Å²) in [5, 5.41) is 10.7. The lowest BCUT2D eigenvalue weighted by molar-refractivity contribution is 0.102. The summed E-state index contributed by atoms with van der Waals surface area (Å²) in [6.45, 7) is 0. The Balaban J connectivity index is 0.00000113. The Labute approximate surface area is 160 Å². The van der Waals surface area contributed by atoms with Crippen molar-refractivity contribution in [3.8, 4) is 0 Å². The molecule has 1 amide bonds. The van der Waals surface area contributed by atoms with E-state index >= 15 is 0 Å². The van der Waals surface area contributed by atoms with Crippen LogP contribution in [0.15, 0.2) is 36.7 Å². The summed E-state index contributed by atoms with van der Waals surface area (Å²) in [7, 11) is 1.83. The number of nitrogens with one attached hydrogen (secondary N) is 2. The van der Waals surface area contributed by atoms with E-state index in [0.717, 1.165) is 11.7 Å². The van der Waals surface area contributed by atoms with Crippen LogP contribution in [0.4, 0.5) is 5.69 Å². The lowest BCUT2D eigenvalue weighted by atomic mass is 9.93. The average molecular weight is 383 g/mol. The molecule has 0 spiro atoms. The maximum Gasteiger partial charge on any atom is 0.255 e. The normalized spacial score (nSPS) is 21.5. The van der Waals surface area contributed by atoms with Crippen molar-refractivity contribution < 1.29 is 4.79 Å². The van der Waals surface area contributed by atoms with Gasteiger partial charge < -0.3 is 10.6 Å². The average Bonchev–Trinajstić information content (AvgIpc) is 3.17. The summed E-state index contributed by atoms with van der Waals surface area (Å²) in [5.41, 5.74) is 2.69. The van der Waals surface area contributed by atoms with Gasteiger partial charge in [-0.25, -0.2) is 0 Å². The van der Waals surface area contributed by atoms with E-state index in [9.17, 15) is 4.79 Å². The molecule has 136 valence electrons. The molecule has 0 radical (unpaired) electrons. The van der Waals surface area contributed by atoms with Gasteiger partial charge in [-0.05, 0) is 37.0 Å². The van der Waals surface area contributed by atoms with E-state index in [-0.39, 0.29) is 30.7 Å². The largest absolute Gasteiger partial charge is 0.319 e. The van der Waals surface area contributed by atoms with Crippen molar-refractivity contribution in [1.82, 2.24) is 15.1 Å². The highest BCUT2D eigenvalue weighted by molar-refractivity contribution is 6.04. The van der Waals surface area contributed by atoms with Crippen LogP contribution in [-0.2, 0) is 7.05 Å². The van der Waals surface area contributed by atoms with Crippen molar-refractivity contribution in [1.29, 1.82) is 0 Å². The fourth-order valence-corrected chi connectivity index (χ4v) is 3.22. The highest BCUT2D eigenvalue weighted by Crippen LogP contribution is 2.42. The van der Waals surface area contributed by atoms with Gasteiger partial charge in [0, 0.05) is 36.8 Å². The lowest BCUT2D eigenvalue weighted by Gasteiger charge is -2.26. The number of nitrogens with zero attached hydrogens (tertiary/aromatic N) is 2. The van der Waals surface area contributed by atoms with Gasteiger partial charge in [0.2, 0.25) is 0 Å². The van der Waals surface area contributed by atoms with Gasteiger partial charge in [-0.15, -0.1) is 24.8 Å². The van der Waals surface area contributed by atoms with Crippen LogP contribution in [-0.4, -0.2) is 27.8 Å². The second-order valence-corrected chi connectivity index (χ2v) is 6.73. The summed E-state index contributed by atoms with van der Waals surface area (Å²) in [6, 6.07) is 9.32. The Morgan fingerprint density at radius 2 is 2.08 bits per heavy atom. The number of hydrogen-bond acceptors (Lipinski definition) is 3. The quantitative estimate of drug-likeness (QED) is 0.831. The minimum absolute atomic E-state index is 0. The Bertz CT molecular complexity index is 729. The summed E-state index contributed by atoms with van der Waals surface area (Å²) >= 11 is 0. The van der Waals surface area contributed by atoms with Crippen LogP contribution in [0.2, 0.25) is 0 Å². The summed E-state index contributed by atoms with van der Waals surface area (Å²) in [6.07, 6.45) is 8.62. The zero-order valence-electron chi connectivity index (χ0n) is 14.1. The number of anilines is 1. The summed E-state index contributed by atoms with van der Waals surface area (Å²) in [5.74, 6) is 0.478. The molecule has 2 aromatic rings. The Hall–Kier alpha value is -1.56. The second kappa shape index (κ2) is 8.21. The molecule has 7 heteroatoms. The van der Waals surface area contributed by atoms with Gasteiger partial charge in [0.15, 0.2) is 0 Å². The number of amides is 1. The molecule has 4 rings (SSSR count). The Kier molecular flexibility index (Phi) is 6.49. The van der Waals surface area contributed by atoms with Crippen LogP contribution in [0.1, 0.15) is 47.5 Å². The minimum Gasteiger partial charge on any atom is -0.319 e. The van der Waals surface area contributed by atoms with E-state index in [2.05, 4.69) is 21.8 Å². The van der Waals surface area contributed by atoms with Gasteiger partial charge >= 0.3 is 0 Å². The molecule has 2 fully saturated rings. The van der Waals surface area contributed by atoms with Gasteiger partial charge in [-0.2, -0.15) is 5.10 Å². The van der Waals surface area contributed by atoms with Crippen molar-refractivity contribution in [3.63, 3.8) is 0 Å². The lowest BCUT2D eigenvalue weighted by Crippen LogP contribution is -2.37. The molecule has 1 aromatic carbocycles. The number of benzene rings is 1. The summed E-state index contributed by atoms with van der Waals surface area (Å²) in [4.78, 5) is 12.4. The molecule has 0 bridgehead atoms. The molecule has 0 saturated heterocycles. The van der Waals surface area contributed by atoms with Crippen LogP contribution < -0.4 is 10.6 Å². The van der Waals surface area contributed by atoms with Gasteiger partial charge in [-0.3, -0.25) is 9.48 Å². The van der Waals surface area contributed by atoms with Gasteiger partial charge in [0.25, 0.3) is 5.91 Å². The number of hydrogen-bond donors (Lipinski definition) is 2. The molecule has 1 heterocycles. The first kappa shape index (κ1) is 19.8. The molecule has 2 atom stereocenters. The number of aromatic nitrogens is 2. The van der Waals surface area contributed by atoms with E-state index in [4.69, 9.17) is 0 Å². The van der Waals surface area contributed by atoms with Crippen LogP contribution in [0.3, 0.4) is 0 Å². The van der Waals surface area contributed by atoms with Crippen LogP contribution in [0, 0.1) is 0 Å². The fraction of sp³-hybridized carbons (Fsp3) is 0.444. The topological polar surface area (TPSA) is 59.0 Å². The van der Waals surface area contributed by atoms with E-state index in [1.54, 1.807) is 17.1 Å². The minimum atomic E-state index is -0.0796. The van der Waals surface area contributed by atoms with Crippen molar-refractivity contribution in [2.45, 2.75) is 43.7 Å². The zero-order valence-corrected chi connectivity index (χ0v) is 15.8. The first-order chi connectivity index (χ1) is 11.2. The van der Waals surface area contributed by atoms with Crippen LogP contribution >= 0.6 is 24.8 Å². The molecule has 2 aliphatic carbocycles. The van der Waals surface area contributed by atoms with E-state index in [0.29, 0.717) is 17.5 Å². The second-order valence-electron chi connectivity index (χ2n) is 6.73. The number of carbonyl (C=O) groups excluding carboxylic acids is 1. The first-order valence-corrected chi connectivity index (χ1v) is 8.35. The standard InChI is InChI=1S/C18H22N4O.2ClH/c1-22-11-15(10-19-22)21-18(23)13-5-2-4-12(8-13)16-9-17(16)20-14-6-3-7-14;;/h2,4-5,8,10-11,14,16-17,20H,3,6-7,9H2,1H3,(H,21,23);2*1H. The molecule has 25 heavy (non-hydrogen) atoms. The predicted molar refractivity (Wildman–Crippen MR) is 104 cm³/mol. The van der Waals surface area contributed by atoms with Gasteiger partial charge in [0.1, 0.15) is 0 Å². The maximum atomic E-state index is 12.4. The molecular formula is C18H24Cl2N4O. The van der Waals surface area contributed by atoms with Crippen molar-refractivity contribution >= 4 is 36.4 Å². The number of halogens is 2. The SMILES string of the molecule is Cl.Cl.Cn1cc(NC(=O)c2cccc(C3CC3NC3CCC3)c2)cn1. The molecule has 2 N–H and O–H groups in total. The molecular weight excluding hydrogens is 359 g/mol. The Morgan fingerprint density at radius 1 is 1.28 bits per heavy atom. The van der Waals surface area contributed by atoms with E-state index in [1.165, 1.54) is 31.2 Å². The molecule has 2 unspecified atom stereocenters. The highest BCUT2D eigenvalue weighted by atomic mass is 35.5. The first-order valence-electron chi connectivity index (χ1n) is 8.35. The molecule has 0 aliphatic heterocycles. The number of rotatable bonds is 5.